The first-order valence-corrected chi connectivity index (χ1v) is 6.48. The molecule has 1 aromatic heterocycles. The van der Waals surface area contributed by atoms with Crippen LogP contribution in [0.1, 0.15) is 34.1 Å². The molecule has 0 fully saturated rings. The maximum absolute atomic E-state index is 12.8. The summed E-state index contributed by atoms with van der Waals surface area (Å²) in [6.45, 7) is 3.59. The number of halogens is 3. The number of hydrogen-bond acceptors (Lipinski definition) is 3. The molecule has 0 bridgehead atoms. The summed E-state index contributed by atoms with van der Waals surface area (Å²) in [5.41, 5.74) is 2.13. The fourth-order valence-electron chi connectivity index (χ4n) is 2.26. The largest absolute Gasteiger partial charge is 0.416 e. The molecule has 0 aliphatic carbocycles. The molecule has 3 nitrogen and oxygen atoms in total. The molecule has 21 heavy (non-hydrogen) atoms. The Bertz CT molecular complexity index is 638. The molecule has 6 heteroatoms. The van der Waals surface area contributed by atoms with Gasteiger partial charge in [-0.05, 0) is 50.2 Å². The summed E-state index contributed by atoms with van der Waals surface area (Å²) in [7, 11) is 1.71. The van der Waals surface area contributed by atoms with E-state index >= 15 is 0 Å². The summed E-state index contributed by atoms with van der Waals surface area (Å²) in [5.74, 6) is 0. The van der Waals surface area contributed by atoms with Crippen LogP contribution < -0.4 is 5.32 Å². The quantitative estimate of drug-likeness (QED) is 0.943. The minimum atomic E-state index is -4.35. The van der Waals surface area contributed by atoms with E-state index in [4.69, 9.17) is 0 Å². The third-order valence-electron chi connectivity index (χ3n) is 3.29. The van der Waals surface area contributed by atoms with Gasteiger partial charge >= 0.3 is 6.18 Å². The van der Waals surface area contributed by atoms with Crippen molar-refractivity contribution in [2.75, 3.05) is 7.05 Å². The third-order valence-corrected chi connectivity index (χ3v) is 3.29. The number of rotatable bonds is 3. The second-order valence-electron chi connectivity index (χ2n) is 4.87. The Morgan fingerprint density at radius 1 is 1.10 bits per heavy atom. The van der Waals surface area contributed by atoms with Gasteiger partial charge in [-0.15, -0.1) is 0 Å². The van der Waals surface area contributed by atoms with Crippen LogP contribution in [0.4, 0.5) is 13.2 Å². The molecular formula is C15H16F3N3. The van der Waals surface area contributed by atoms with Crippen LogP contribution >= 0.6 is 0 Å². The van der Waals surface area contributed by atoms with Gasteiger partial charge in [-0.3, -0.25) is 0 Å². The molecule has 0 saturated carbocycles. The van der Waals surface area contributed by atoms with Gasteiger partial charge in [0, 0.05) is 0 Å². The van der Waals surface area contributed by atoms with Crippen molar-refractivity contribution in [3.05, 3.63) is 58.4 Å². The molecule has 1 unspecified atom stereocenters. The molecule has 1 N–H and O–H groups in total. The van der Waals surface area contributed by atoms with Crippen molar-refractivity contribution in [2.45, 2.75) is 26.1 Å². The van der Waals surface area contributed by atoms with E-state index in [2.05, 4.69) is 15.5 Å². The minimum Gasteiger partial charge on any atom is -0.309 e. The highest BCUT2D eigenvalue weighted by Crippen LogP contribution is 2.32. The second-order valence-corrected chi connectivity index (χ2v) is 4.87. The normalized spacial score (nSPS) is 13.2. The van der Waals surface area contributed by atoms with Gasteiger partial charge in [0.1, 0.15) is 0 Å². The van der Waals surface area contributed by atoms with Gasteiger partial charge in [-0.1, -0.05) is 12.1 Å². The highest BCUT2D eigenvalue weighted by molar-refractivity contribution is 5.36. The monoisotopic (exact) mass is 295 g/mol. The lowest BCUT2D eigenvalue weighted by Crippen LogP contribution is -2.20. The van der Waals surface area contributed by atoms with Gasteiger partial charge in [0.05, 0.1) is 23.0 Å². The molecule has 1 atom stereocenters. The number of nitrogens with zero attached hydrogens (tertiary/aromatic N) is 2. The average molecular weight is 295 g/mol. The Morgan fingerprint density at radius 3 is 2.43 bits per heavy atom. The number of aromatic nitrogens is 2. The van der Waals surface area contributed by atoms with Gasteiger partial charge in [0.25, 0.3) is 0 Å². The van der Waals surface area contributed by atoms with Crippen LogP contribution in [0.2, 0.25) is 0 Å². The zero-order valence-corrected chi connectivity index (χ0v) is 12.0. The summed E-state index contributed by atoms with van der Waals surface area (Å²) >= 11 is 0. The highest BCUT2D eigenvalue weighted by atomic mass is 19.4. The lowest BCUT2D eigenvalue weighted by atomic mass is 9.96. The zero-order chi connectivity index (χ0) is 15.6. The van der Waals surface area contributed by atoms with Crippen LogP contribution in [-0.4, -0.2) is 17.2 Å². The molecule has 0 amide bonds. The molecule has 112 valence electrons. The number of hydrogen-bond donors (Lipinski definition) is 1. The SMILES string of the molecule is CNC(c1cccc(C(F)(F)F)c1)c1cc(C)nnc1C. The van der Waals surface area contributed by atoms with Crippen LogP contribution in [0.15, 0.2) is 30.3 Å². The van der Waals surface area contributed by atoms with Gasteiger partial charge in [0.15, 0.2) is 0 Å². The summed E-state index contributed by atoms with van der Waals surface area (Å²) < 4.78 is 38.5. The van der Waals surface area contributed by atoms with Crippen LogP contribution in [0.3, 0.4) is 0 Å². The standard InChI is InChI=1S/C15H16F3N3/c1-9-7-13(10(2)21-20-9)14(19-3)11-5-4-6-12(8-11)15(16,17)18/h4-8,14,19H,1-3H3. The first-order valence-electron chi connectivity index (χ1n) is 6.48. The molecule has 2 rings (SSSR count). The Balaban J connectivity index is 2.49. The molecular weight excluding hydrogens is 279 g/mol. The maximum Gasteiger partial charge on any atom is 0.416 e. The zero-order valence-electron chi connectivity index (χ0n) is 12.0. The number of benzene rings is 1. The van der Waals surface area contributed by atoms with Crippen molar-refractivity contribution in [1.29, 1.82) is 0 Å². The van der Waals surface area contributed by atoms with E-state index in [0.717, 1.165) is 23.4 Å². The predicted molar refractivity (Wildman–Crippen MR) is 73.9 cm³/mol. The molecule has 1 heterocycles. The van der Waals surface area contributed by atoms with Crippen molar-refractivity contribution in [2.24, 2.45) is 0 Å². The molecule has 0 aliphatic heterocycles. The summed E-state index contributed by atoms with van der Waals surface area (Å²) in [5, 5.41) is 11.0. The number of nitrogens with one attached hydrogen (secondary N) is 1. The van der Waals surface area contributed by atoms with E-state index in [1.54, 1.807) is 27.0 Å². The van der Waals surface area contributed by atoms with E-state index in [-0.39, 0.29) is 6.04 Å². The first-order chi connectivity index (χ1) is 9.82. The first kappa shape index (κ1) is 15.4. The Kier molecular flexibility index (Phi) is 4.27. The topological polar surface area (TPSA) is 37.8 Å². The van der Waals surface area contributed by atoms with E-state index in [1.165, 1.54) is 6.07 Å². The third kappa shape index (κ3) is 3.39. The van der Waals surface area contributed by atoms with E-state index in [9.17, 15) is 13.2 Å². The summed E-state index contributed by atoms with van der Waals surface area (Å²) in [6.07, 6.45) is -4.35. The Labute approximate surface area is 121 Å². The summed E-state index contributed by atoms with van der Waals surface area (Å²) in [4.78, 5) is 0. The molecule has 0 radical (unpaired) electrons. The average Bonchev–Trinajstić information content (AvgIpc) is 2.43. The van der Waals surface area contributed by atoms with E-state index in [1.807, 2.05) is 6.07 Å². The highest BCUT2D eigenvalue weighted by Gasteiger charge is 2.31. The van der Waals surface area contributed by atoms with Crippen LogP contribution in [-0.2, 0) is 6.18 Å². The molecule has 0 aliphatic rings. The number of alkyl halides is 3. The Hall–Kier alpha value is -1.95. The second kappa shape index (κ2) is 5.81. The van der Waals surface area contributed by atoms with Crippen LogP contribution in [0.5, 0.6) is 0 Å². The summed E-state index contributed by atoms with van der Waals surface area (Å²) in [6, 6.07) is 6.80. The predicted octanol–water partition coefficient (Wildman–Crippen LogP) is 3.42. The lowest BCUT2D eigenvalue weighted by Gasteiger charge is -2.20. The number of aryl methyl sites for hydroxylation is 2. The van der Waals surface area contributed by atoms with Crippen LogP contribution in [0, 0.1) is 13.8 Å². The van der Waals surface area contributed by atoms with Gasteiger partial charge in [-0.2, -0.15) is 23.4 Å². The molecule has 2 aromatic rings. The lowest BCUT2D eigenvalue weighted by molar-refractivity contribution is -0.137. The van der Waals surface area contributed by atoms with E-state index < -0.39 is 11.7 Å². The van der Waals surface area contributed by atoms with E-state index in [0.29, 0.717) is 11.3 Å². The van der Waals surface area contributed by atoms with Crippen molar-refractivity contribution in [3.63, 3.8) is 0 Å². The van der Waals surface area contributed by atoms with Gasteiger partial charge in [-0.25, -0.2) is 0 Å². The van der Waals surface area contributed by atoms with Crippen molar-refractivity contribution < 1.29 is 13.2 Å². The fourth-order valence-corrected chi connectivity index (χ4v) is 2.26. The smallest absolute Gasteiger partial charge is 0.309 e. The maximum atomic E-state index is 12.8. The van der Waals surface area contributed by atoms with Gasteiger partial charge in [0.2, 0.25) is 0 Å². The minimum absolute atomic E-state index is 0.360. The molecule has 0 spiro atoms. The van der Waals surface area contributed by atoms with Crippen molar-refractivity contribution in [3.8, 4) is 0 Å². The molecule has 0 saturated heterocycles. The van der Waals surface area contributed by atoms with Crippen molar-refractivity contribution >= 4 is 0 Å². The van der Waals surface area contributed by atoms with Crippen LogP contribution in [0.25, 0.3) is 0 Å². The van der Waals surface area contributed by atoms with Crippen molar-refractivity contribution in [1.82, 2.24) is 15.5 Å². The molecule has 1 aromatic carbocycles. The van der Waals surface area contributed by atoms with Gasteiger partial charge < -0.3 is 5.32 Å². The fraction of sp³-hybridized carbons (Fsp3) is 0.333. The Morgan fingerprint density at radius 2 is 1.81 bits per heavy atom.